The highest BCUT2D eigenvalue weighted by Gasteiger charge is 2.38. The van der Waals surface area contributed by atoms with E-state index >= 15 is 0 Å². The van der Waals surface area contributed by atoms with Gasteiger partial charge in [-0.1, -0.05) is 13.0 Å². The van der Waals surface area contributed by atoms with Crippen molar-refractivity contribution >= 4 is 21.6 Å². The van der Waals surface area contributed by atoms with Gasteiger partial charge in [-0.3, -0.25) is 14.7 Å². The molecule has 32 heavy (non-hydrogen) atoms. The fourth-order valence-electron chi connectivity index (χ4n) is 3.11. The summed E-state index contributed by atoms with van der Waals surface area (Å²) in [5.74, 6) is -1.01. The summed E-state index contributed by atoms with van der Waals surface area (Å²) in [5, 5.41) is 0. The Morgan fingerprint density at radius 2 is 1.91 bits per heavy atom. The Labute approximate surface area is 180 Å². The van der Waals surface area contributed by atoms with Crippen LogP contribution in [0, 0.1) is 0 Å². The van der Waals surface area contributed by atoms with Gasteiger partial charge in [-0.2, -0.15) is 13.2 Å². The molecule has 0 N–H and O–H groups in total. The predicted octanol–water partition coefficient (Wildman–Crippen LogP) is 3.64. The number of rotatable bonds is 5. The van der Waals surface area contributed by atoms with Crippen molar-refractivity contribution in [3.8, 4) is 11.6 Å². The Hall–Kier alpha value is -3.54. The lowest BCUT2D eigenvalue weighted by atomic mass is 10.1. The number of nitrogens with zero attached hydrogens (tertiary/aromatic N) is 4. The Morgan fingerprint density at radius 3 is 2.56 bits per heavy atom. The average Bonchev–Trinajstić information content (AvgIpc) is 3.09. The lowest BCUT2D eigenvalue weighted by Crippen LogP contribution is -2.26. The minimum Gasteiger partial charge on any atom is -0.437 e. The largest absolute Gasteiger partial charge is 0.437 e. The molecule has 8 nitrogen and oxygen atoms in total. The van der Waals surface area contributed by atoms with E-state index < -0.39 is 27.6 Å². The van der Waals surface area contributed by atoms with Gasteiger partial charge in [0.2, 0.25) is 5.88 Å². The molecule has 3 aromatic rings. The first-order valence-corrected chi connectivity index (χ1v) is 10.9. The summed E-state index contributed by atoms with van der Waals surface area (Å²) in [7, 11) is -3.88. The Balaban J connectivity index is 1.75. The van der Waals surface area contributed by atoms with E-state index in [4.69, 9.17) is 4.74 Å². The number of anilines is 1. The number of fused-ring (bicyclic) bond motifs is 1. The molecule has 0 radical (unpaired) electrons. The molecule has 166 valence electrons. The fraction of sp³-hybridized carbons (Fsp3) is 0.200. The third kappa shape index (κ3) is 4.00. The van der Waals surface area contributed by atoms with Crippen LogP contribution in [0.1, 0.15) is 28.5 Å². The summed E-state index contributed by atoms with van der Waals surface area (Å²) in [5.41, 5.74) is -1.18. The van der Waals surface area contributed by atoms with E-state index in [2.05, 4.69) is 15.0 Å². The zero-order chi connectivity index (χ0) is 23.1. The number of amides is 1. The summed E-state index contributed by atoms with van der Waals surface area (Å²) >= 11 is 0. The summed E-state index contributed by atoms with van der Waals surface area (Å²) in [4.78, 5) is 25.1. The van der Waals surface area contributed by atoms with Crippen LogP contribution in [0.3, 0.4) is 0 Å². The Morgan fingerprint density at radius 1 is 1.12 bits per heavy atom. The van der Waals surface area contributed by atoms with Gasteiger partial charge in [0.05, 0.1) is 18.5 Å². The number of carbonyl (C=O) groups excluding carboxylic acids is 1. The van der Waals surface area contributed by atoms with Gasteiger partial charge in [0.15, 0.2) is 15.7 Å². The standard InChI is InChI=1S/C20H15F3N4O4S/c1-2-32(29,30)15-7-13(31-17-5-3-4-6-24-17)10-26-18(15)27-11-12-9-25-16(20(21,22)23)8-14(12)19(27)28/h3-10H,2,11H2,1H3. The summed E-state index contributed by atoms with van der Waals surface area (Å²) in [6, 6.07) is 6.79. The molecule has 0 aliphatic carbocycles. The zero-order valence-corrected chi connectivity index (χ0v) is 17.3. The van der Waals surface area contributed by atoms with Crippen molar-refractivity contribution in [2.24, 2.45) is 0 Å². The normalized spacial score (nSPS) is 13.9. The monoisotopic (exact) mass is 464 g/mol. The Bertz CT molecular complexity index is 1300. The van der Waals surface area contributed by atoms with Gasteiger partial charge >= 0.3 is 6.18 Å². The molecule has 0 aromatic carbocycles. The topological polar surface area (TPSA) is 102 Å². The van der Waals surface area contributed by atoms with Crippen molar-refractivity contribution in [1.29, 1.82) is 0 Å². The molecule has 0 bridgehead atoms. The van der Waals surface area contributed by atoms with Crippen molar-refractivity contribution in [2.45, 2.75) is 24.5 Å². The van der Waals surface area contributed by atoms with Crippen LogP contribution in [-0.4, -0.2) is 35.0 Å². The molecule has 0 saturated carbocycles. The van der Waals surface area contributed by atoms with Crippen LogP contribution < -0.4 is 9.64 Å². The molecule has 4 heterocycles. The van der Waals surface area contributed by atoms with E-state index in [1.807, 2.05) is 0 Å². The third-order valence-corrected chi connectivity index (χ3v) is 6.45. The quantitative estimate of drug-likeness (QED) is 0.568. The first-order valence-electron chi connectivity index (χ1n) is 9.30. The van der Waals surface area contributed by atoms with Crippen LogP contribution in [0.2, 0.25) is 0 Å². The van der Waals surface area contributed by atoms with E-state index in [0.717, 1.165) is 11.1 Å². The number of alkyl halides is 3. The Kier molecular flexibility index (Phi) is 5.33. The molecular weight excluding hydrogens is 449 g/mol. The number of halogens is 3. The van der Waals surface area contributed by atoms with Crippen molar-refractivity contribution in [3.63, 3.8) is 0 Å². The molecule has 0 atom stereocenters. The molecule has 0 spiro atoms. The molecule has 0 saturated heterocycles. The van der Waals surface area contributed by atoms with Crippen molar-refractivity contribution in [1.82, 2.24) is 15.0 Å². The van der Waals surface area contributed by atoms with E-state index in [-0.39, 0.29) is 45.8 Å². The number of aromatic nitrogens is 3. The summed E-state index contributed by atoms with van der Waals surface area (Å²) in [6.07, 6.45) is -1.05. The predicted molar refractivity (Wildman–Crippen MR) is 106 cm³/mol. The van der Waals surface area contributed by atoms with E-state index in [0.29, 0.717) is 6.07 Å². The number of sulfone groups is 1. The van der Waals surface area contributed by atoms with Crippen LogP contribution in [0.5, 0.6) is 11.6 Å². The second kappa shape index (κ2) is 7.86. The highest BCUT2D eigenvalue weighted by Crippen LogP contribution is 2.36. The highest BCUT2D eigenvalue weighted by atomic mass is 32.2. The molecular formula is C20H15F3N4O4S. The van der Waals surface area contributed by atoms with Gasteiger partial charge in [-0.05, 0) is 12.1 Å². The van der Waals surface area contributed by atoms with Crippen LogP contribution >= 0.6 is 0 Å². The van der Waals surface area contributed by atoms with E-state index in [1.165, 1.54) is 25.4 Å². The third-order valence-electron chi connectivity index (χ3n) is 4.72. The van der Waals surface area contributed by atoms with Crippen LogP contribution in [-0.2, 0) is 22.6 Å². The van der Waals surface area contributed by atoms with Gasteiger partial charge in [0.1, 0.15) is 16.3 Å². The maximum atomic E-state index is 13.0. The van der Waals surface area contributed by atoms with Gasteiger partial charge in [0, 0.05) is 35.7 Å². The van der Waals surface area contributed by atoms with E-state index in [9.17, 15) is 26.4 Å². The number of pyridine rings is 3. The molecule has 3 aromatic heterocycles. The molecule has 0 fully saturated rings. The van der Waals surface area contributed by atoms with Gasteiger partial charge in [-0.25, -0.2) is 18.4 Å². The SMILES string of the molecule is CCS(=O)(=O)c1cc(Oc2ccccn2)cnc1N1Cc2cnc(C(F)(F)F)cc2C1=O. The highest BCUT2D eigenvalue weighted by molar-refractivity contribution is 7.91. The lowest BCUT2D eigenvalue weighted by molar-refractivity contribution is -0.141. The van der Waals surface area contributed by atoms with Crippen LogP contribution in [0.15, 0.2) is 53.8 Å². The van der Waals surface area contributed by atoms with Gasteiger partial charge < -0.3 is 4.74 Å². The van der Waals surface area contributed by atoms with Crippen molar-refractivity contribution in [2.75, 3.05) is 10.7 Å². The maximum absolute atomic E-state index is 13.0. The molecule has 0 unspecified atom stereocenters. The molecule has 4 rings (SSSR count). The van der Waals surface area contributed by atoms with Gasteiger partial charge in [0.25, 0.3) is 5.91 Å². The summed E-state index contributed by atoms with van der Waals surface area (Å²) in [6.45, 7) is 1.25. The molecule has 1 aliphatic heterocycles. The molecule has 12 heteroatoms. The fourth-order valence-corrected chi connectivity index (χ4v) is 4.16. The van der Waals surface area contributed by atoms with Gasteiger partial charge in [-0.15, -0.1) is 0 Å². The number of ether oxygens (including phenoxy) is 1. The van der Waals surface area contributed by atoms with Crippen molar-refractivity contribution in [3.05, 3.63) is 65.7 Å². The number of hydrogen-bond acceptors (Lipinski definition) is 7. The first-order chi connectivity index (χ1) is 15.1. The minimum atomic E-state index is -4.72. The maximum Gasteiger partial charge on any atom is 0.433 e. The number of hydrogen-bond donors (Lipinski definition) is 0. The molecule has 1 amide bonds. The first kappa shape index (κ1) is 21.7. The average molecular weight is 464 g/mol. The second-order valence-corrected chi connectivity index (χ2v) is 9.03. The lowest BCUT2D eigenvalue weighted by Gasteiger charge is -2.19. The van der Waals surface area contributed by atoms with E-state index in [1.54, 1.807) is 18.2 Å². The zero-order valence-electron chi connectivity index (χ0n) is 16.5. The number of carbonyl (C=O) groups is 1. The second-order valence-electron chi connectivity index (χ2n) is 6.78. The van der Waals surface area contributed by atoms with Crippen molar-refractivity contribution < 1.29 is 31.1 Å². The van der Waals surface area contributed by atoms with Crippen LogP contribution in [0.4, 0.5) is 19.0 Å². The van der Waals surface area contributed by atoms with Crippen LogP contribution in [0.25, 0.3) is 0 Å². The minimum absolute atomic E-state index is 0.0738. The summed E-state index contributed by atoms with van der Waals surface area (Å²) < 4.78 is 70.0. The molecule has 1 aliphatic rings. The smallest absolute Gasteiger partial charge is 0.433 e.